The Morgan fingerprint density at radius 1 is 1.25 bits per heavy atom. The lowest BCUT2D eigenvalue weighted by atomic mass is 10.1. The molecule has 1 atom stereocenters. The predicted octanol–water partition coefficient (Wildman–Crippen LogP) is 3.82. The van der Waals surface area contributed by atoms with E-state index in [1.165, 1.54) is 6.20 Å². The Balaban J connectivity index is 2.27. The van der Waals surface area contributed by atoms with Crippen molar-refractivity contribution in [1.29, 1.82) is 0 Å². The molecule has 0 radical (unpaired) electrons. The number of halogens is 3. The molecule has 1 heterocycles. The van der Waals surface area contributed by atoms with Crippen LogP contribution in [0.2, 0.25) is 0 Å². The molecule has 0 saturated heterocycles. The molecule has 6 heteroatoms. The van der Waals surface area contributed by atoms with Crippen LogP contribution < -0.4 is 5.32 Å². The molecule has 0 bridgehead atoms. The molecule has 0 aliphatic carbocycles. The molecule has 2 aromatic rings. The molecule has 0 aliphatic rings. The first kappa shape index (κ1) is 14.6. The normalized spacial score (nSPS) is 12.7. The Kier molecular flexibility index (Phi) is 4.44. The number of hydrogen-bond acceptors (Lipinski definition) is 3. The molecule has 3 nitrogen and oxygen atoms in total. The first-order valence-electron chi connectivity index (χ1n) is 6.37. The van der Waals surface area contributed by atoms with Crippen molar-refractivity contribution >= 4 is 0 Å². The number of hydrogen-bond donors (Lipinski definition) is 1. The van der Waals surface area contributed by atoms with Gasteiger partial charge in [-0.2, -0.15) is 0 Å². The standard InChI is InChI=1S/C14H15F3N2O/c1-3-6-18-8(2)14-19-7-11(20-14)9-4-5-10(15)13(17)12(9)16/h4-5,7-8,18H,3,6H2,1-2H3. The Labute approximate surface area is 114 Å². The van der Waals surface area contributed by atoms with E-state index in [2.05, 4.69) is 10.3 Å². The van der Waals surface area contributed by atoms with Gasteiger partial charge in [0.2, 0.25) is 5.89 Å². The van der Waals surface area contributed by atoms with Crippen LogP contribution in [0.4, 0.5) is 13.2 Å². The maximum Gasteiger partial charge on any atom is 0.211 e. The predicted molar refractivity (Wildman–Crippen MR) is 68.5 cm³/mol. The highest BCUT2D eigenvalue weighted by Crippen LogP contribution is 2.27. The van der Waals surface area contributed by atoms with E-state index in [0.29, 0.717) is 5.89 Å². The first-order valence-corrected chi connectivity index (χ1v) is 6.37. The van der Waals surface area contributed by atoms with Crippen LogP contribution in [0.5, 0.6) is 0 Å². The molecule has 0 amide bonds. The maximum atomic E-state index is 13.6. The highest BCUT2D eigenvalue weighted by molar-refractivity contribution is 5.57. The van der Waals surface area contributed by atoms with Gasteiger partial charge in [0.15, 0.2) is 23.2 Å². The molecule has 0 spiro atoms. The van der Waals surface area contributed by atoms with Crippen LogP contribution in [0.25, 0.3) is 11.3 Å². The number of benzene rings is 1. The highest BCUT2D eigenvalue weighted by atomic mass is 19.2. The lowest BCUT2D eigenvalue weighted by Gasteiger charge is -2.08. The maximum absolute atomic E-state index is 13.6. The molecule has 2 rings (SSSR count). The zero-order valence-corrected chi connectivity index (χ0v) is 11.2. The SMILES string of the molecule is CCCNC(C)c1ncc(-c2ccc(F)c(F)c2F)o1. The molecule has 1 unspecified atom stereocenters. The van der Waals surface area contributed by atoms with Crippen molar-refractivity contribution in [2.45, 2.75) is 26.3 Å². The smallest absolute Gasteiger partial charge is 0.211 e. The fraction of sp³-hybridized carbons (Fsp3) is 0.357. The summed E-state index contributed by atoms with van der Waals surface area (Å²) in [6, 6.07) is 1.84. The Hall–Kier alpha value is -1.82. The molecule has 1 N–H and O–H groups in total. The van der Waals surface area contributed by atoms with Crippen LogP contribution in [0, 0.1) is 17.5 Å². The molecular formula is C14H15F3N2O. The van der Waals surface area contributed by atoms with Crippen LogP contribution in [-0.2, 0) is 0 Å². The van der Waals surface area contributed by atoms with Gasteiger partial charge in [-0.15, -0.1) is 0 Å². The Morgan fingerprint density at radius 3 is 2.70 bits per heavy atom. The van der Waals surface area contributed by atoms with E-state index in [4.69, 9.17) is 4.42 Å². The van der Waals surface area contributed by atoms with E-state index in [1.807, 2.05) is 13.8 Å². The van der Waals surface area contributed by atoms with Crippen molar-refractivity contribution in [3.63, 3.8) is 0 Å². The number of aromatic nitrogens is 1. The van der Waals surface area contributed by atoms with Crippen molar-refractivity contribution in [2.75, 3.05) is 6.54 Å². The van der Waals surface area contributed by atoms with Crippen molar-refractivity contribution in [3.8, 4) is 11.3 Å². The molecule has 1 aromatic heterocycles. The number of oxazole rings is 1. The minimum Gasteiger partial charge on any atom is -0.439 e. The molecular weight excluding hydrogens is 269 g/mol. The van der Waals surface area contributed by atoms with E-state index < -0.39 is 17.5 Å². The fourth-order valence-corrected chi connectivity index (χ4v) is 1.78. The lowest BCUT2D eigenvalue weighted by Crippen LogP contribution is -2.19. The summed E-state index contributed by atoms with van der Waals surface area (Å²) >= 11 is 0. The summed E-state index contributed by atoms with van der Waals surface area (Å²) in [5.41, 5.74) is -0.148. The summed E-state index contributed by atoms with van der Waals surface area (Å²) in [5.74, 6) is -3.58. The van der Waals surface area contributed by atoms with Crippen molar-refractivity contribution < 1.29 is 17.6 Å². The second-order valence-corrected chi connectivity index (χ2v) is 4.46. The lowest BCUT2D eigenvalue weighted by molar-refractivity contribution is 0.417. The van der Waals surface area contributed by atoms with Crippen LogP contribution in [0.3, 0.4) is 0 Å². The van der Waals surface area contributed by atoms with E-state index in [9.17, 15) is 13.2 Å². The van der Waals surface area contributed by atoms with Crippen LogP contribution in [0.1, 0.15) is 32.2 Å². The summed E-state index contributed by atoms with van der Waals surface area (Å²) in [6.07, 6.45) is 2.25. The van der Waals surface area contributed by atoms with Gasteiger partial charge in [-0.1, -0.05) is 6.92 Å². The van der Waals surface area contributed by atoms with Gasteiger partial charge in [0.25, 0.3) is 0 Å². The second kappa shape index (κ2) is 6.09. The summed E-state index contributed by atoms with van der Waals surface area (Å²) in [6.45, 7) is 4.67. The molecule has 0 fully saturated rings. The molecule has 1 aromatic carbocycles. The van der Waals surface area contributed by atoms with Crippen molar-refractivity contribution in [2.24, 2.45) is 0 Å². The number of nitrogens with zero attached hydrogens (tertiary/aromatic N) is 1. The van der Waals surface area contributed by atoms with E-state index in [1.54, 1.807) is 0 Å². The summed E-state index contributed by atoms with van der Waals surface area (Å²) < 4.78 is 45.1. The average Bonchev–Trinajstić information content (AvgIpc) is 2.92. The van der Waals surface area contributed by atoms with Gasteiger partial charge in [-0.3, -0.25) is 0 Å². The van der Waals surface area contributed by atoms with Gasteiger partial charge in [0.05, 0.1) is 17.8 Å². The quantitative estimate of drug-likeness (QED) is 0.848. The largest absolute Gasteiger partial charge is 0.439 e. The number of nitrogens with one attached hydrogen (secondary N) is 1. The summed E-state index contributed by atoms with van der Waals surface area (Å²) in [5, 5.41) is 3.16. The van der Waals surface area contributed by atoms with Gasteiger partial charge in [-0.05, 0) is 32.0 Å². The van der Waals surface area contributed by atoms with E-state index >= 15 is 0 Å². The third-order valence-electron chi connectivity index (χ3n) is 2.90. The van der Waals surface area contributed by atoms with Gasteiger partial charge < -0.3 is 9.73 Å². The van der Waals surface area contributed by atoms with Crippen LogP contribution in [-0.4, -0.2) is 11.5 Å². The van der Waals surface area contributed by atoms with Crippen LogP contribution >= 0.6 is 0 Å². The molecule has 0 saturated carbocycles. The minimum atomic E-state index is -1.52. The van der Waals surface area contributed by atoms with Gasteiger partial charge in [0, 0.05) is 0 Å². The average molecular weight is 284 g/mol. The highest BCUT2D eigenvalue weighted by Gasteiger charge is 2.19. The van der Waals surface area contributed by atoms with Crippen molar-refractivity contribution in [3.05, 3.63) is 41.7 Å². The third-order valence-corrected chi connectivity index (χ3v) is 2.90. The molecule has 20 heavy (non-hydrogen) atoms. The fourth-order valence-electron chi connectivity index (χ4n) is 1.78. The first-order chi connectivity index (χ1) is 9.54. The summed E-state index contributed by atoms with van der Waals surface area (Å²) in [4.78, 5) is 4.03. The zero-order chi connectivity index (χ0) is 14.7. The molecule has 0 aliphatic heterocycles. The third kappa shape index (κ3) is 2.85. The zero-order valence-electron chi connectivity index (χ0n) is 11.2. The number of rotatable bonds is 5. The van der Waals surface area contributed by atoms with E-state index in [0.717, 1.165) is 25.1 Å². The minimum absolute atomic E-state index is 0.0709. The monoisotopic (exact) mass is 284 g/mol. The van der Waals surface area contributed by atoms with E-state index in [-0.39, 0.29) is 17.4 Å². The van der Waals surface area contributed by atoms with Gasteiger partial charge >= 0.3 is 0 Å². The van der Waals surface area contributed by atoms with Crippen LogP contribution in [0.15, 0.2) is 22.7 Å². The second-order valence-electron chi connectivity index (χ2n) is 4.46. The Morgan fingerprint density at radius 2 is 2.00 bits per heavy atom. The summed E-state index contributed by atoms with van der Waals surface area (Å²) in [7, 11) is 0. The van der Waals surface area contributed by atoms with Gasteiger partial charge in [0.1, 0.15) is 0 Å². The Bertz CT molecular complexity index is 598. The topological polar surface area (TPSA) is 38.1 Å². The molecule has 108 valence electrons. The van der Waals surface area contributed by atoms with Gasteiger partial charge in [-0.25, -0.2) is 18.2 Å². The van der Waals surface area contributed by atoms with Crippen molar-refractivity contribution in [1.82, 2.24) is 10.3 Å².